The molecule has 0 atom stereocenters. The van der Waals surface area contributed by atoms with Gasteiger partial charge in [-0.3, -0.25) is 44.1 Å². The largest absolute Gasteiger partial charge is 0.497 e. The SMILES string of the molecule is CCCCC1=NC2(CCCC2)C(=O)N1Cc1ccc(-c2cc(-c3cccc(C)c3)ccc2-c2nn[nH]n2)cc1.CCCCC1=NC2(CCCC2)C(=O)N1Cc1ccc(-c2cc(-c3cccc(OC)c3)ccc2-c2nn[nH]n2)cc1.CCCCC1=NC2(CCCC2)C(=O)N1Cc1ccc(-c2cc(-c3ccccc3)ccc2-c2nn[nH]n2)cc1. The van der Waals surface area contributed by atoms with E-state index >= 15 is 0 Å². The second-order valence-corrected chi connectivity index (χ2v) is 31.8. The first-order valence-corrected chi connectivity index (χ1v) is 41.7. The third kappa shape index (κ3) is 16.8. The zero-order valence-electron chi connectivity index (χ0n) is 67.4. The summed E-state index contributed by atoms with van der Waals surface area (Å²) in [7, 11) is 1.67. The number of H-pyrrole nitrogens is 3. The molecule has 3 amide bonds. The van der Waals surface area contributed by atoms with Crippen LogP contribution in [0.5, 0.6) is 5.75 Å². The molecule has 22 heteroatoms. The van der Waals surface area contributed by atoms with Gasteiger partial charge in [0.25, 0.3) is 17.7 Å². The Labute approximate surface area is 683 Å². The molecule has 0 unspecified atom stereocenters. The monoisotopic (exact) mass is 1560 g/mol. The summed E-state index contributed by atoms with van der Waals surface area (Å²) in [6, 6.07) is 71.2. The molecule has 3 aliphatic carbocycles. The van der Waals surface area contributed by atoms with Crippen LogP contribution in [0.3, 0.4) is 0 Å². The van der Waals surface area contributed by atoms with Gasteiger partial charge in [-0.1, -0.05) is 242 Å². The summed E-state index contributed by atoms with van der Waals surface area (Å²) in [5.74, 6) is 5.95. The van der Waals surface area contributed by atoms with Crippen LogP contribution in [0.1, 0.15) is 178 Å². The van der Waals surface area contributed by atoms with Gasteiger partial charge in [0.05, 0.1) is 26.7 Å². The minimum absolute atomic E-state index is 0.186. The number of hydrogen-bond acceptors (Lipinski definition) is 16. The van der Waals surface area contributed by atoms with Crippen LogP contribution in [0.25, 0.3) is 101 Å². The molecule has 3 spiro atoms. The number of aryl methyl sites for hydroxylation is 1. The maximum absolute atomic E-state index is 13.6. The Hall–Kier alpha value is -12.6. The number of tetrazole rings is 3. The Morgan fingerprint density at radius 3 is 0.983 bits per heavy atom. The van der Waals surface area contributed by atoms with Gasteiger partial charge in [0.1, 0.15) is 39.9 Å². The van der Waals surface area contributed by atoms with E-state index in [4.69, 9.17) is 19.7 Å². The summed E-state index contributed by atoms with van der Waals surface area (Å²) in [6.07, 6.45) is 20.8. The number of methoxy groups -OCH3 is 1. The number of nitrogens with one attached hydrogen (secondary N) is 3. The number of hydrogen-bond donors (Lipinski definition) is 3. The third-order valence-corrected chi connectivity index (χ3v) is 23.9. The number of nitrogens with zero attached hydrogens (tertiary/aromatic N) is 15. The van der Waals surface area contributed by atoms with Gasteiger partial charge >= 0.3 is 0 Å². The summed E-state index contributed by atoms with van der Waals surface area (Å²) >= 11 is 0. The molecule has 117 heavy (non-hydrogen) atoms. The van der Waals surface area contributed by atoms with E-state index in [-0.39, 0.29) is 17.7 Å². The van der Waals surface area contributed by atoms with Crippen molar-refractivity contribution < 1.29 is 19.1 Å². The maximum atomic E-state index is 13.6. The molecule has 3 N–H and O–H groups in total. The predicted octanol–water partition coefficient (Wildman–Crippen LogP) is 19.7. The lowest BCUT2D eigenvalue weighted by atomic mass is 9.93. The maximum Gasteiger partial charge on any atom is 0.256 e. The van der Waals surface area contributed by atoms with Gasteiger partial charge in [-0.15, -0.1) is 30.6 Å². The molecule has 3 aromatic heterocycles. The normalized spacial score (nSPS) is 16.3. The van der Waals surface area contributed by atoms with Crippen molar-refractivity contribution in [3.05, 3.63) is 229 Å². The second-order valence-electron chi connectivity index (χ2n) is 31.8. The lowest BCUT2D eigenvalue weighted by molar-refractivity contribution is -0.132. The van der Waals surface area contributed by atoms with Gasteiger partial charge in [-0.2, -0.15) is 15.6 Å². The van der Waals surface area contributed by atoms with E-state index < -0.39 is 16.6 Å². The molecule has 594 valence electrons. The molecule has 3 aliphatic heterocycles. The highest BCUT2D eigenvalue weighted by molar-refractivity contribution is 6.10. The van der Waals surface area contributed by atoms with E-state index in [9.17, 15) is 14.4 Å². The predicted molar refractivity (Wildman–Crippen MR) is 459 cm³/mol. The molecule has 12 aromatic rings. The first kappa shape index (κ1) is 78.3. The van der Waals surface area contributed by atoms with Crippen molar-refractivity contribution in [1.82, 2.24) is 76.6 Å². The zero-order valence-corrected chi connectivity index (χ0v) is 67.4. The van der Waals surface area contributed by atoms with Crippen molar-refractivity contribution in [2.45, 2.75) is 199 Å². The van der Waals surface area contributed by atoms with Crippen molar-refractivity contribution in [3.8, 4) is 107 Å². The van der Waals surface area contributed by atoms with Crippen LogP contribution in [-0.4, -0.2) is 136 Å². The number of benzene rings is 9. The molecule has 3 saturated carbocycles. The molecule has 0 bridgehead atoms. The fourth-order valence-electron chi connectivity index (χ4n) is 17.6. The average Bonchev–Trinajstić information content (AvgIpc) is 1.63. The van der Waals surface area contributed by atoms with Gasteiger partial charge in [-0.25, -0.2) is 0 Å². The van der Waals surface area contributed by atoms with Crippen molar-refractivity contribution in [2.75, 3.05) is 7.11 Å². The number of carbonyl (C=O) groups excluding carboxylic acids is 3. The molecule has 3 fully saturated rings. The van der Waals surface area contributed by atoms with E-state index in [1.165, 1.54) is 11.1 Å². The quantitative estimate of drug-likeness (QED) is 0.0481. The average molecular weight is 1560 g/mol. The molecule has 0 saturated heterocycles. The Balaban J connectivity index is 0.000000131. The molecular weight excluding hydrogens is 1460 g/mol. The van der Waals surface area contributed by atoms with E-state index in [2.05, 4.69) is 253 Å². The molecule has 6 heterocycles. The highest BCUT2D eigenvalue weighted by atomic mass is 16.5. The van der Waals surface area contributed by atoms with Gasteiger partial charge in [-0.05, 0) is 212 Å². The lowest BCUT2D eigenvalue weighted by Crippen LogP contribution is -2.40. The standard InChI is InChI=1S/C32H34N6O2.C32H34N6O.C31H32N6O/c1-3-4-10-29-33-32(17-5-6-18-32)31(39)38(29)21-22-11-13-23(14-12-22)28-20-25(24-8-7-9-26(19-24)40-2)15-16-27(28)30-34-36-37-35-30;1-3-4-10-29-33-32(17-5-6-18-32)31(39)38(29)21-23-11-13-24(14-12-23)28-20-26(25-9-7-8-22(2)19-25)15-16-27(28)30-34-36-37-35-30;1-2-3-11-28-32-31(18-7-8-19-31)30(38)37(28)21-22-12-14-24(15-13-22)27-20-25(23-9-5-4-6-10-23)16-17-26(27)29-33-35-36-34-29/h7-9,11-16,19-20H,3-6,10,17-18,21H2,1-2H3,(H,34,35,36,37);7-9,11-16,19-20H,3-6,10,17-18,21H2,1-2H3,(H,34,35,36,37);4-6,9-10,12-17,20H,2-3,7-8,11,18-19,21H2,1H3,(H,33,34,35,36). The minimum atomic E-state index is -0.511. The third-order valence-electron chi connectivity index (χ3n) is 23.9. The number of rotatable bonds is 25. The molecule has 6 aliphatic rings. The Kier molecular flexibility index (Phi) is 23.6. The van der Waals surface area contributed by atoms with Crippen LogP contribution in [0.15, 0.2) is 221 Å². The zero-order chi connectivity index (χ0) is 80.3. The number of aromatic amines is 3. The number of aromatic nitrogens is 12. The highest BCUT2D eigenvalue weighted by Crippen LogP contribution is 2.45. The smallest absolute Gasteiger partial charge is 0.256 e. The molecular formula is C95H100N18O4. The number of amidine groups is 3. The van der Waals surface area contributed by atoms with Crippen LogP contribution >= 0.6 is 0 Å². The van der Waals surface area contributed by atoms with Crippen LogP contribution in [-0.2, 0) is 34.0 Å². The Bertz CT molecular complexity index is 5550. The fraction of sp³-hybridized carbons (Fsp3) is 0.337. The Morgan fingerprint density at radius 2 is 0.658 bits per heavy atom. The summed E-state index contributed by atoms with van der Waals surface area (Å²) in [6.45, 7) is 10.3. The molecule has 9 aromatic carbocycles. The van der Waals surface area contributed by atoms with Crippen LogP contribution < -0.4 is 4.74 Å². The van der Waals surface area contributed by atoms with Gasteiger partial charge in [0.15, 0.2) is 0 Å². The molecule has 18 rings (SSSR count). The Morgan fingerprint density at radius 1 is 0.342 bits per heavy atom. The minimum Gasteiger partial charge on any atom is -0.497 e. The van der Waals surface area contributed by atoms with Crippen molar-refractivity contribution in [3.63, 3.8) is 0 Å². The number of ether oxygens (including phenoxy) is 1. The van der Waals surface area contributed by atoms with Gasteiger partial charge in [0.2, 0.25) is 17.5 Å². The van der Waals surface area contributed by atoms with Crippen molar-refractivity contribution in [2.24, 2.45) is 15.0 Å². The van der Waals surface area contributed by atoms with Crippen LogP contribution in [0.4, 0.5) is 0 Å². The topological polar surface area (TPSA) is 271 Å². The number of aliphatic imine (C=N–C) groups is 3. The molecule has 0 radical (unpaired) electrons. The second kappa shape index (κ2) is 35.2. The van der Waals surface area contributed by atoms with E-state index in [0.29, 0.717) is 37.1 Å². The van der Waals surface area contributed by atoms with E-state index in [1.807, 2.05) is 57.2 Å². The first-order chi connectivity index (χ1) is 57.3. The van der Waals surface area contributed by atoms with E-state index in [0.717, 1.165) is 253 Å². The van der Waals surface area contributed by atoms with Crippen LogP contribution in [0, 0.1) is 6.92 Å². The fourth-order valence-corrected chi connectivity index (χ4v) is 17.6. The van der Waals surface area contributed by atoms with Crippen LogP contribution in [0.2, 0.25) is 0 Å². The summed E-state index contributed by atoms with van der Waals surface area (Å²) in [5, 5.41) is 44.5. The first-order valence-electron chi connectivity index (χ1n) is 41.7. The number of unbranched alkanes of at least 4 members (excludes halogenated alkanes) is 3. The summed E-state index contributed by atoms with van der Waals surface area (Å²) < 4.78 is 5.44. The van der Waals surface area contributed by atoms with Gasteiger partial charge < -0.3 is 4.74 Å². The molecule has 22 nitrogen and oxygen atoms in total. The van der Waals surface area contributed by atoms with Crippen molar-refractivity contribution in [1.29, 1.82) is 0 Å². The lowest BCUT2D eigenvalue weighted by Gasteiger charge is -2.23. The summed E-state index contributed by atoms with van der Waals surface area (Å²) in [4.78, 5) is 61.6. The highest BCUT2D eigenvalue weighted by Gasteiger charge is 2.52. The summed E-state index contributed by atoms with van der Waals surface area (Å²) in [5.41, 5.74) is 18.6. The van der Waals surface area contributed by atoms with Crippen molar-refractivity contribution >= 4 is 35.2 Å². The number of carbonyl (C=O) groups is 3. The van der Waals surface area contributed by atoms with E-state index in [1.54, 1.807) is 7.11 Å². The number of amides is 3. The van der Waals surface area contributed by atoms with Gasteiger partial charge in [0, 0.05) is 36.0 Å².